The largest absolute Gasteiger partial charge is 0.494 e. The molecule has 1 unspecified atom stereocenters. The van der Waals surface area contributed by atoms with Crippen LogP contribution in [-0.4, -0.2) is 33.9 Å². The van der Waals surface area contributed by atoms with E-state index in [0.717, 1.165) is 36.3 Å². The Hall–Kier alpha value is -2.83. The van der Waals surface area contributed by atoms with Gasteiger partial charge in [-0.3, -0.25) is 0 Å². The molecule has 1 aliphatic rings. The van der Waals surface area contributed by atoms with E-state index in [1.165, 1.54) is 6.33 Å². The first-order chi connectivity index (χ1) is 13.2. The normalized spacial score (nSPS) is 15.9. The molecule has 7 heteroatoms. The molecule has 0 spiro atoms. The van der Waals surface area contributed by atoms with Crippen molar-refractivity contribution in [1.29, 1.82) is 0 Å². The van der Waals surface area contributed by atoms with E-state index in [-0.39, 0.29) is 5.97 Å². The molecule has 1 atom stereocenters. The molecule has 0 amide bonds. The van der Waals surface area contributed by atoms with Gasteiger partial charge >= 0.3 is 5.97 Å². The van der Waals surface area contributed by atoms with Crippen LogP contribution in [0.25, 0.3) is 0 Å². The Balaban J connectivity index is 1.97. The van der Waals surface area contributed by atoms with Crippen LogP contribution in [0.4, 0.5) is 5.95 Å². The minimum Gasteiger partial charge on any atom is -0.494 e. The maximum absolute atomic E-state index is 12.8. The number of aromatic nitrogens is 3. The topological polar surface area (TPSA) is 78.3 Å². The van der Waals surface area contributed by atoms with E-state index in [9.17, 15) is 4.79 Å². The summed E-state index contributed by atoms with van der Waals surface area (Å²) < 4.78 is 13.0. The molecule has 144 valence electrons. The summed E-state index contributed by atoms with van der Waals surface area (Å²) in [6.45, 7) is 7.04. The average Bonchev–Trinajstić information content (AvgIpc) is 3.13. The second-order valence-corrected chi connectivity index (χ2v) is 6.50. The van der Waals surface area contributed by atoms with Gasteiger partial charge in [-0.1, -0.05) is 32.4 Å². The van der Waals surface area contributed by atoms with Crippen molar-refractivity contribution in [2.75, 3.05) is 18.5 Å². The van der Waals surface area contributed by atoms with Crippen LogP contribution in [-0.2, 0) is 9.53 Å². The Bertz CT molecular complexity index is 828. The van der Waals surface area contributed by atoms with Crippen LogP contribution >= 0.6 is 0 Å². The van der Waals surface area contributed by atoms with Gasteiger partial charge in [-0.05, 0) is 37.5 Å². The minimum absolute atomic E-state index is 0.334. The molecule has 1 aromatic heterocycles. The van der Waals surface area contributed by atoms with E-state index in [1.54, 1.807) is 4.68 Å². The number of benzene rings is 1. The Morgan fingerprint density at radius 1 is 1.26 bits per heavy atom. The van der Waals surface area contributed by atoms with Crippen LogP contribution < -0.4 is 10.1 Å². The molecule has 0 aliphatic carbocycles. The first-order valence-corrected chi connectivity index (χ1v) is 9.42. The highest BCUT2D eigenvalue weighted by atomic mass is 16.5. The zero-order valence-electron chi connectivity index (χ0n) is 16.1. The Kier molecular flexibility index (Phi) is 6.11. The molecule has 2 aromatic rings. The molecule has 0 bridgehead atoms. The predicted octanol–water partition coefficient (Wildman–Crippen LogP) is 3.70. The van der Waals surface area contributed by atoms with Crippen LogP contribution in [0.1, 0.15) is 51.6 Å². The molecule has 0 saturated carbocycles. The lowest BCUT2D eigenvalue weighted by Crippen LogP contribution is -2.29. The van der Waals surface area contributed by atoms with Crippen LogP contribution in [0.3, 0.4) is 0 Å². The summed E-state index contributed by atoms with van der Waals surface area (Å²) in [6.07, 6.45) is 4.21. The fourth-order valence-corrected chi connectivity index (χ4v) is 3.04. The fourth-order valence-electron chi connectivity index (χ4n) is 3.04. The number of hydrogen-bond acceptors (Lipinski definition) is 6. The molecule has 0 radical (unpaired) electrons. The summed E-state index contributed by atoms with van der Waals surface area (Å²) in [5.74, 6) is 1.04. The molecule has 3 rings (SSSR count). The summed E-state index contributed by atoms with van der Waals surface area (Å²) in [6, 6.07) is 7.34. The predicted molar refractivity (Wildman–Crippen MR) is 103 cm³/mol. The standard InChI is InChI=1S/C20H26N4O3/c1-4-6-11-27-19(25)17-14(3)23-20-21-13-22-24(20)18(17)15-8-7-9-16(12-15)26-10-5-2/h7-9,12-13,18H,4-6,10-11H2,1-3H3,(H,21,22,23). The zero-order chi connectivity index (χ0) is 19.2. The number of hydrogen-bond donors (Lipinski definition) is 1. The van der Waals surface area contributed by atoms with Crippen molar-refractivity contribution < 1.29 is 14.3 Å². The highest BCUT2D eigenvalue weighted by Gasteiger charge is 2.34. The third-order valence-electron chi connectivity index (χ3n) is 4.39. The number of carbonyl (C=O) groups excluding carboxylic acids is 1. The molecular formula is C20H26N4O3. The van der Waals surface area contributed by atoms with E-state index in [2.05, 4.69) is 29.2 Å². The summed E-state index contributed by atoms with van der Waals surface area (Å²) >= 11 is 0. The molecule has 1 aliphatic heterocycles. The second-order valence-electron chi connectivity index (χ2n) is 6.50. The number of carbonyl (C=O) groups is 1. The van der Waals surface area contributed by atoms with E-state index >= 15 is 0 Å². The van der Waals surface area contributed by atoms with Crippen LogP contribution in [0.5, 0.6) is 5.75 Å². The molecule has 0 fully saturated rings. The third-order valence-corrected chi connectivity index (χ3v) is 4.39. The van der Waals surface area contributed by atoms with Gasteiger partial charge < -0.3 is 14.8 Å². The van der Waals surface area contributed by atoms with E-state index in [4.69, 9.17) is 9.47 Å². The van der Waals surface area contributed by atoms with Crippen molar-refractivity contribution in [3.8, 4) is 5.75 Å². The van der Waals surface area contributed by atoms with Gasteiger partial charge in [-0.2, -0.15) is 10.1 Å². The number of unbranched alkanes of at least 4 members (excludes halogenated alkanes) is 1. The number of nitrogens with zero attached hydrogens (tertiary/aromatic N) is 3. The van der Waals surface area contributed by atoms with Gasteiger partial charge in [0.05, 0.1) is 18.8 Å². The summed E-state index contributed by atoms with van der Waals surface area (Å²) in [7, 11) is 0. The van der Waals surface area contributed by atoms with Gasteiger partial charge in [-0.15, -0.1) is 0 Å². The summed E-state index contributed by atoms with van der Waals surface area (Å²) in [5, 5.41) is 7.48. The van der Waals surface area contributed by atoms with E-state index in [1.807, 2.05) is 31.2 Å². The summed E-state index contributed by atoms with van der Waals surface area (Å²) in [4.78, 5) is 17.1. The van der Waals surface area contributed by atoms with E-state index < -0.39 is 6.04 Å². The lowest BCUT2D eigenvalue weighted by Gasteiger charge is -2.28. The fraction of sp³-hybridized carbons (Fsp3) is 0.450. The van der Waals surface area contributed by atoms with Crippen molar-refractivity contribution in [1.82, 2.24) is 14.8 Å². The maximum Gasteiger partial charge on any atom is 0.338 e. The van der Waals surface area contributed by atoms with Gasteiger partial charge in [0.2, 0.25) is 5.95 Å². The summed E-state index contributed by atoms with van der Waals surface area (Å²) in [5.41, 5.74) is 2.16. The minimum atomic E-state index is -0.414. The van der Waals surface area contributed by atoms with Gasteiger partial charge in [0, 0.05) is 5.70 Å². The molecule has 7 nitrogen and oxygen atoms in total. The van der Waals surface area contributed by atoms with Crippen LogP contribution in [0.2, 0.25) is 0 Å². The van der Waals surface area contributed by atoms with Crippen molar-refractivity contribution in [2.24, 2.45) is 0 Å². The number of esters is 1. The molecular weight excluding hydrogens is 344 g/mol. The number of ether oxygens (including phenoxy) is 2. The Labute approximate surface area is 159 Å². The van der Waals surface area contributed by atoms with Crippen molar-refractivity contribution >= 4 is 11.9 Å². The SMILES string of the molecule is CCCCOC(=O)C1=C(C)Nc2ncnn2C1c1cccc(OCCC)c1. The first kappa shape index (κ1) is 18.9. The van der Waals surface area contributed by atoms with Crippen LogP contribution in [0, 0.1) is 0 Å². The smallest absolute Gasteiger partial charge is 0.338 e. The van der Waals surface area contributed by atoms with Crippen molar-refractivity contribution in [3.05, 3.63) is 47.4 Å². The van der Waals surface area contributed by atoms with Crippen LogP contribution in [0.15, 0.2) is 41.9 Å². The van der Waals surface area contributed by atoms with Gasteiger partial charge in [-0.25, -0.2) is 9.48 Å². The lowest BCUT2D eigenvalue weighted by atomic mass is 9.95. The average molecular weight is 370 g/mol. The zero-order valence-corrected chi connectivity index (χ0v) is 16.1. The first-order valence-electron chi connectivity index (χ1n) is 9.42. The Morgan fingerprint density at radius 2 is 2.11 bits per heavy atom. The maximum atomic E-state index is 12.8. The quantitative estimate of drug-likeness (QED) is 0.564. The number of anilines is 1. The number of fused-ring (bicyclic) bond motifs is 1. The molecule has 27 heavy (non-hydrogen) atoms. The number of rotatable bonds is 8. The molecule has 1 N–H and O–H groups in total. The monoisotopic (exact) mass is 370 g/mol. The van der Waals surface area contributed by atoms with Gasteiger partial charge in [0.1, 0.15) is 18.1 Å². The number of allylic oxidation sites excluding steroid dienone is 1. The lowest BCUT2D eigenvalue weighted by molar-refractivity contribution is -0.139. The highest BCUT2D eigenvalue weighted by Crippen LogP contribution is 2.36. The highest BCUT2D eigenvalue weighted by molar-refractivity contribution is 5.92. The van der Waals surface area contributed by atoms with Crippen molar-refractivity contribution in [2.45, 2.75) is 46.1 Å². The van der Waals surface area contributed by atoms with E-state index in [0.29, 0.717) is 24.7 Å². The molecule has 1 aromatic carbocycles. The number of nitrogens with one attached hydrogen (secondary N) is 1. The molecule has 0 saturated heterocycles. The second kappa shape index (κ2) is 8.70. The third kappa shape index (κ3) is 4.13. The van der Waals surface area contributed by atoms with Gasteiger partial charge in [0.15, 0.2) is 0 Å². The molecule has 2 heterocycles. The van der Waals surface area contributed by atoms with Crippen molar-refractivity contribution in [3.63, 3.8) is 0 Å². The Morgan fingerprint density at radius 3 is 2.89 bits per heavy atom. The van der Waals surface area contributed by atoms with Gasteiger partial charge in [0.25, 0.3) is 0 Å².